The highest BCUT2D eigenvalue weighted by Crippen LogP contribution is 2.59. The average Bonchev–Trinajstić information content (AvgIpc) is 3.30. The number of aldehydes is 1. The number of nitrogens with one attached hydrogen (secondary N) is 1. The molecule has 1 aliphatic heterocycles. The number of fused-ring (bicyclic) bond motifs is 2. The van der Waals surface area contributed by atoms with Crippen molar-refractivity contribution in [3.8, 4) is 11.3 Å². The summed E-state index contributed by atoms with van der Waals surface area (Å²) in [5.74, 6) is -0.211. The number of piperidine rings is 1. The molecule has 4 aromatic rings. The lowest BCUT2D eigenvalue weighted by Crippen LogP contribution is -2.47. The molecule has 2 fully saturated rings. The summed E-state index contributed by atoms with van der Waals surface area (Å²) in [7, 11) is 0. The van der Waals surface area contributed by atoms with Gasteiger partial charge in [-0.25, -0.2) is 15.0 Å². The maximum atomic E-state index is 13.8. The molecule has 4 aromatic heterocycles. The minimum atomic E-state index is -0.744. The molecule has 0 spiro atoms. The minimum absolute atomic E-state index is 0.0906. The van der Waals surface area contributed by atoms with Gasteiger partial charge in [0.05, 0.1) is 23.0 Å². The summed E-state index contributed by atoms with van der Waals surface area (Å²) in [4.78, 5) is 69.9. The van der Waals surface area contributed by atoms with Crippen LogP contribution in [0.2, 0.25) is 0 Å². The van der Waals surface area contributed by atoms with Gasteiger partial charge in [-0.2, -0.15) is 5.10 Å². The third kappa shape index (κ3) is 4.79. The van der Waals surface area contributed by atoms with Crippen molar-refractivity contribution in [2.45, 2.75) is 52.2 Å². The summed E-state index contributed by atoms with van der Waals surface area (Å²) in [5.41, 5.74) is 2.07. The Bertz CT molecular complexity index is 1750. The molecular formula is C28H25BrN8O4. The molecule has 5 heterocycles. The molecule has 208 valence electrons. The molecule has 2 aliphatic rings. The number of ketones is 1. The van der Waals surface area contributed by atoms with Crippen molar-refractivity contribution in [2.24, 2.45) is 5.41 Å². The zero-order valence-corrected chi connectivity index (χ0v) is 24.0. The topological polar surface area (TPSA) is 153 Å². The van der Waals surface area contributed by atoms with Gasteiger partial charge in [-0.1, -0.05) is 6.92 Å². The predicted molar refractivity (Wildman–Crippen MR) is 151 cm³/mol. The van der Waals surface area contributed by atoms with E-state index in [0.29, 0.717) is 45.3 Å². The Balaban J connectivity index is 1.29. The van der Waals surface area contributed by atoms with Crippen LogP contribution in [0, 0.1) is 12.3 Å². The van der Waals surface area contributed by atoms with Crippen molar-refractivity contribution in [3.05, 3.63) is 58.5 Å². The first-order valence-corrected chi connectivity index (χ1v) is 13.8. The maximum Gasteiger partial charge on any atom is 0.248 e. The van der Waals surface area contributed by atoms with Crippen LogP contribution >= 0.6 is 15.9 Å². The average molecular weight is 617 g/mol. The Morgan fingerprint density at radius 3 is 2.61 bits per heavy atom. The van der Waals surface area contributed by atoms with Crippen molar-refractivity contribution in [1.82, 2.24) is 34.6 Å². The number of hydrogen-bond acceptors (Lipinski definition) is 9. The van der Waals surface area contributed by atoms with Crippen molar-refractivity contribution in [1.29, 1.82) is 0 Å². The Kier molecular flexibility index (Phi) is 6.48. The summed E-state index contributed by atoms with van der Waals surface area (Å²) in [6.07, 6.45) is 6.79. The van der Waals surface area contributed by atoms with Crippen molar-refractivity contribution in [3.63, 3.8) is 0 Å². The highest BCUT2D eigenvalue weighted by Gasteiger charge is 2.64. The number of aryl methyl sites for hydroxylation is 1. The molecule has 1 N–H and O–H groups in total. The van der Waals surface area contributed by atoms with Crippen molar-refractivity contribution >= 4 is 56.5 Å². The van der Waals surface area contributed by atoms with Crippen LogP contribution < -0.4 is 5.32 Å². The predicted octanol–water partition coefficient (Wildman–Crippen LogP) is 3.39. The monoisotopic (exact) mass is 616 g/mol. The molecule has 1 aliphatic carbocycles. The van der Waals surface area contributed by atoms with E-state index < -0.39 is 11.9 Å². The number of pyridine rings is 2. The fourth-order valence-corrected chi connectivity index (χ4v) is 5.86. The molecule has 41 heavy (non-hydrogen) atoms. The first-order valence-electron chi connectivity index (χ1n) is 13.0. The van der Waals surface area contributed by atoms with E-state index in [0.717, 1.165) is 6.42 Å². The largest absolute Gasteiger partial charge is 0.325 e. The summed E-state index contributed by atoms with van der Waals surface area (Å²) in [6.45, 7) is 5.08. The molecule has 1 saturated heterocycles. The molecular weight excluding hydrogens is 592 g/mol. The molecule has 2 amide bonds. The van der Waals surface area contributed by atoms with Gasteiger partial charge in [0, 0.05) is 36.3 Å². The SMILES string of the molecule is CC(=O)c1nn(CC(=O)N2[C@H](C(=O)Nc3nc(Br)ccc3C=O)C[C@@]3(C)C[C@@H]23)c2cnc(-c3cnc(C)nc3)cc12. The first kappa shape index (κ1) is 26.8. The van der Waals surface area contributed by atoms with Crippen LogP contribution in [0.15, 0.2) is 41.4 Å². The third-order valence-electron chi connectivity index (χ3n) is 7.82. The Morgan fingerprint density at radius 2 is 1.90 bits per heavy atom. The van der Waals surface area contributed by atoms with E-state index in [1.165, 1.54) is 11.6 Å². The standard InChI is InChI=1S/C28H25BrN8O4/c1-14(39)25-18-6-19(17-9-30-15(2)31-10-17)32-11-21(18)36(35-25)12-24(40)37-20(7-28(3)8-22(28)37)27(41)34-26-16(13-38)4-5-23(29)33-26/h4-6,9-11,13,20,22H,7-8,12H2,1-3H3,(H,33,34,41)/t20-,22+,28-/m0/s1. The van der Waals surface area contributed by atoms with Crippen molar-refractivity contribution < 1.29 is 19.2 Å². The zero-order chi connectivity index (χ0) is 29.1. The van der Waals surface area contributed by atoms with E-state index >= 15 is 0 Å². The molecule has 13 heteroatoms. The number of carbonyl (C=O) groups is 4. The Hall–Kier alpha value is -4.39. The summed E-state index contributed by atoms with van der Waals surface area (Å²) in [5, 5.41) is 7.76. The smallest absolute Gasteiger partial charge is 0.248 e. The molecule has 6 rings (SSSR count). The van der Waals surface area contributed by atoms with E-state index in [-0.39, 0.29) is 46.8 Å². The second-order valence-corrected chi connectivity index (χ2v) is 11.6. The molecule has 0 bridgehead atoms. The number of nitrogens with zero attached hydrogens (tertiary/aromatic N) is 7. The maximum absolute atomic E-state index is 13.8. The van der Waals surface area contributed by atoms with Gasteiger partial charge >= 0.3 is 0 Å². The fraction of sp³-hybridized carbons (Fsp3) is 0.321. The van der Waals surface area contributed by atoms with Crippen LogP contribution in [0.4, 0.5) is 5.82 Å². The lowest BCUT2D eigenvalue weighted by atomic mass is 10.0. The second kappa shape index (κ2) is 9.91. The lowest BCUT2D eigenvalue weighted by Gasteiger charge is -2.27. The third-order valence-corrected chi connectivity index (χ3v) is 8.26. The summed E-state index contributed by atoms with van der Waals surface area (Å²) >= 11 is 3.26. The number of aromatic nitrogens is 6. The van der Waals surface area contributed by atoms with Gasteiger partial charge in [0.15, 0.2) is 12.1 Å². The minimum Gasteiger partial charge on any atom is -0.325 e. The summed E-state index contributed by atoms with van der Waals surface area (Å²) < 4.78 is 1.93. The number of rotatable bonds is 7. The highest BCUT2D eigenvalue weighted by molar-refractivity contribution is 9.10. The van der Waals surface area contributed by atoms with Crippen LogP contribution in [0.1, 0.15) is 53.4 Å². The molecule has 0 aromatic carbocycles. The normalized spacial score (nSPS) is 21.0. The highest BCUT2D eigenvalue weighted by atomic mass is 79.9. The van der Waals surface area contributed by atoms with Crippen molar-refractivity contribution in [2.75, 3.05) is 5.32 Å². The van der Waals surface area contributed by atoms with Gasteiger partial charge in [-0.3, -0.25) is 28.8 Å². The zero-order valence-electron chi connectivity index (χ0n) is 22.5. The number of hydrogen-bond donors (Lipinski definition) is 1. The number of amides is 2. The van der Waals surface area contributed by atoms with Gasteiger partial charge < -0.3 is 10.2 Å². The fourth-order valence-electron chi connectivity index (χ4n) is 5.55. The Morgan fingerprint density at radius 1 is 1.15 bits per heavy atom. The molecule has 3 atom stereocenters. The van der Waals surface area contributed by atoms with E-state index in [2.05, 4.69) is 53.2 Å². The molecule has 0 radical (unpaired) electrons. The van der Waals surface area contributed by atoms with Gasteiger partial charge in [-0.05, 0) is 59.3 Å². The van der Waals surface area contributed by atoms with Crippen LogP contribution in [-0.2, 0) is 16.1 Å². The second-order valence-electron chi connectivity index (χ2n) is 10.7. The molecule has 0 unspecified atom stereocenters. The van der Waals surface area contributed by atoms with E-state index in [1.807, 2.05) is 0 Å². The molecule has 12 nitrogen and oxygen atoms in total. The van der Waals surface area contributed by atoms with Gasteiger partial charge in [0.1, 0.15) is 34.5 Å². The van der Waals surface area contributed by atoms with E-state index in [9.17, 15) is 19.2 Å². The molecule has 1 saturated carbocycles. The number of Topliss-reactive ketones (excluding diaryl/α,β-unsaturated/α-hetero) is 1. The van der Waals surface area contributed by atoms with E-state index in [4.69, 9.17) is 0 Å². The van der Waals surface area contributed by atoms with Crippen LogP contribution in [-0.4, -0.2) is 70.6 Å². The quantitative estimate of drug-likeness (QED) is 0.187. The van der Waals surface area contributed by atoms with Gasteiger partial charge in [0.25, 0.3) is 0 Å². The van der Waals surface area contributed by atoms with Crippen LogP contribution in [0.5, 0.6) is 0 Å². The van der Waals surface area contributed by atoms with Gasteiger partial charge in [-0.15, -0.1) is 0 Å². The van der Waals surface area contributed by atoms with Crippen LogP contribution in [0.25, 0.3) is 22.2 Å². The first-order chi connectivity index (χ1) is 19.6. The van der Waals surface area contributed by atoms with Crippen LogP contribution in [0.3, 0.4) is 0 Å². The van der Waals surface area contributed by atoms with E-state index in [1.54, 1.807) is 48.6 Å². The Labute approximate surface area is 242 Å². The number of carbonyl (C=O) groups excluding carboxylic acids is 4. The number of halogens is 1. The number of anilines is 1. The lowest BCUT2D eigenvalue weighted by molar-refractivity contribution is -0.138. The van der Waals surface area contributed by atoms with Gasteiger partial charge in [0.2, 0.25) is 11.8 Å². The summed E-state index contributed by atoms with van der Waals surface area (Å²) in [6, 6.07) is 4.07. The number of likely N-dealkylation sites (tertiary alicyclic amines) is 1.